The Bertz CT molecular complexity index is 100. The van der Waals surface area contributed by atoms with Crippen LogP contribution >= 0.6 is 0 Å². The van der Waals surface area contributed by atoms with Gasteiger partial charge in [-0.1, -0.05) is 0 Å². The predicted octanol–water partition coefficient (Wildman–Crippen LogP) is -0.00730. The summed E-state index contributed by atoms with van der Waals surface area (Å²) in [6.45, 7) is 0. The van der Waals surface area contributed by atoms with Crippen molar-refractivity contribution < 1.29 is 37.9 Å². The van der Waals surface area contributed by atoms with E-state index in [9.17, 15) is 0 Å². The molecule has 10 heteroatoms. The summed E-state index contributed by atoms with van der Waals surface area (Å²) in [7, 11) is -4.67. The summed E-state index contributed by atoms with van der Waals surface area (Å²) in [6.07, 6.45) is 0. The Morgan fingerprint density at radius 2 is 0.800 bits per heavy atom. The summed E-state index contributed by atoms with van der Waals surface area (Å²) < 4.78 is 31.6. The molecule has 0 saturated heterocycles. The molecule has 0 radical (unpaired) electrons. The van der Waals surface area contributed by atoms with Gasteiger partial charge >= 0.3 is 10.4 Å². The molecule has 74 valence electrons. The Hall–Kier alpha value is 0.372. The second kappa shape index (κ2) is 16.2. The van der Waals surface area contributed by atoms with Crippen molar-refractivity contribution in [2.24, 2.45) is 0 Å². The fourth-order valence-electron chi connectivity index (χ4n) is 0. The van der Waals surface area contributed by atoms with E-state index in [0.29, 0.717) is 0 Å². The molecule has 0 rings (SSSR count). The van der Waals surface area contributed by atoms with Crippen molar-refractivity contribution in [2.45, 2.75) is 0 Å². The summed E-state index contributed by atoms with van der Waals surface area (Å²) in [5.41, 5.74) is 0. The van der Waals surface area contributed by atoms with Crippen LogP contribution in [0.15, 0.2) is 0 Å². The van der Waals surface area contributed by atoms with Gasteiger partial charge in [-0.3, -0.25) is 9.11 Å². The summed E-state index contributed by atoms with van der Waals surface area (Å²) in [4.78, 5) is 0. The molecule has 0 unspecified atom stereocenters. The van der Waals surface area contributed by atoms with E-state index in [4.69, 9.17) is 17.5 Å². The summed E-state index contributed by atoms with van der Waals surface area (Å²) in [5.74, 6) is 0. The zero-order valence-corrected chi connectivity index (χ0v) is 7.63. The van der Waals surface area contributed by atoms with Crippen LogP contribution in [0.1, 0.15) is 0 Å². The molecule has 0 heterocycles. The normalized spacial score (nSPS) is 5.80. The monoisotopic (exact) mass is 272 g/mol. The fraction of sp³-hybridized carbons (Fsp3) is 0. The van der Waals surface area contributed by atoms with Gasteiger partial charge in [0, 0.05) is 20.4 Å². The minimum atomic E-state index is -4.67. The first kappa shape index (κ1) is 47.7. The van der Waals surface area contributed by atoms with Crippen LogP contribution < -0.4 is 24.6 Å². The first-order valence-corrected chi connectivity index (χ1v) is 2.10. The molecule has 0 aromatic heterocycles. The Kier molecular flexibility index (Phi) is 77.1. The van der Waals surface area contributed by atoms with Gasteiger partial charge in [0.05, 0.1) is 0 Å². The van der Waals surface area contributed by atoms with Crippen LogP contribution in [-0.2, 0) is 30.8 Å². The standard InChI is InChI=1S/4H3N.H2O4S.Pd/c;;;;1-5(2,3)4;/h4*1H3;(H2,1,2,3,4);. The average molecular weight is 273 g/mol. The van der Waals surface area contributed by atoms with Crippen LogP contribution in [0.2, 0.25) is 0 Å². The van der Waals surface area contributed by atoms with E-state index in [1.165, 1.54) is 0 Å². The van der Waals surface area contributed by atoms with Gasteiger partial charge in [0.2, 0.25) is 0 Å². The minimum Gasteiger partial charge on any atom is -0.344 e. The SMILES string of the molecule is N.N.N.N.O=S(=O)(O)O.[Pd]. The molecule has 14 N–H and O–H groups in total. The zero-order valence-electron chi connectivity index (χ0n) is 5.26. The van der Waals surface area contributed by atoms with Crippen LogP contribution in [0.5, 0.6) is 0 Å². The Labute approximate surface area is 73.3 Å². The third-order valence-electron chi connectivity index (χ3n) is 0. The van der Waals surface area contributed by atoms with E-state index >= 15 is 0 Å². The predicted molar refractivity (Wildman–Crippen MR) is 34.3 cm³/mol. The summed E-state index contributed by atoms with van der Waals surface area (Å²) in [6, 6.07) is 0. The zero-order chi connectivity index (χ0) is 4.50. The van der Waals surface area contributed by atoms with E-state index in [-0.39, 0.29) is 45.0 Å². The quantitative estimate of drug-likeness (QED) is 0.260. The fourth-order valence-corrected chi connectivity index (χ4v) is 0. The Morgan fingerprint density at radius 3 is 0.800 bits per heavy atom. The molecule has 0 spiro atoms. The van der Waals surface area contributed by atoms with Crippen molar-refractivity contribution in [3.8, 4) is 0 Å². The third-order valence-corrected chi connectivity index (χ3v) is 0. The van der Waals surface area contributed by atoms with E-state index in [1.807, 2.05) is 0 Å². The van der Waals surface area contributed by atoms with Gasteiger partial charge < -0.3 is 24.6 Å². The molecule has 0 aromatic carbocycles. The molecule has 0 amide bonds. The molecule has 0 aromatic rings. The number of hydrogen-bond acceptors (Lipinski definition) is 6. The van der Waals surface area contributed by atoms with Crippen LogP contribution in [-0.4, -0.2) is 17.5 Å². The van der Waals surface area contributed by atoms with Crippen molar-refractivity contribution in [3.05, 3.63) is 0 Å². The smallest absolute Gasteiger partial charge is 0.344 e. The Balaban J connectivity index is -0.00000000800. The van der Waals surface area contributed by atoms with E-state index in [1.54, 1.807) is 0 Å². The maximum Gasteiger partial charge on any atom is 0.394 e. The van der Waals surface area contributed by atoms with Crippen LogP contribution in [0.25, 0.3) is 0 Å². The first-order chi connectivity index (χ1) is 2.00. The van der Waals surface area contributed by atoms with Crippen molar-refractivity contribution in [1.82, 2.24) is 24.6 Å². The second-order valence-electron chi connectivity index (χ2n) is 0.448. The van der Waals surface area contributed by atoms with Crippen LogP contribution in [0, 0.1) is 0 Å². The number of rotatable bonds is 0. The van der Waals surface area contributed by atoms with Gasteiger partial charge in [0.15, 0.2) is 0 Å². The first-order valence-electron chi connectivity index (χ1n) is 0.698. The van der Waals surface area contributed by atoms with Crippen molar-refractivity contribution in [1.29, 1.82) is 0 Å². The maximum absolute atomic E-state index is 8.74. The average Bonchev–Trinajstić information content (AvgIpc) is 0.722. The van der Waals surface area contributed by atoms with E-state index < -0.39 is 10.4 Å². The van der Waals surface area contributed by atoms with Gasteiger partial charge in [-0.2, -0.15) is 8.42 Å². The van der Waals surface area contributed by atoms with Crippen LogP contribution in [0.4, 0.5) is 0 Å². The van der Waals surface area contributed by atoms with Gasteiger partial charge in [0.1, 0.15) is 0 Å². The molecule has 0 aliphatic carbocycles. The molecule has 0 saturated carbocycles. The van der Waals surface area contributed by atoms with Crippen molar-refractivity contribution in [3.63, 3.8) is 0 Å². The molecule has 0 bridgehead atoms. The minimum absolute atomic E-state index is 0. The molecule has 0 aliphatic rings. The van der Waals surface area contributed by atoms with E-state index in [2.05, 4.69) is 0 Å². The maximum atomic E-state index is 8.74. The Morgan fingerprint density at radius 1 is 0.800 bits per heavy atom. The third kappa shape index (κ3) is 3280. The van der Waals surface area contributed by atoms with Gasteiger partial charge in [0.25, 0.3) is 0 Å². The molecule has 0 fully saturated rings. The molecule has 0 atom stereocenters. The second-order valence-corrected chi connectivity index (χ2v) is 1.34. The summed E-state index contributed by atoms with van der Waals surface area (Å²) >= 11 is 0. The number of hydrogen-bond donors (Lipinski definition) is 6. The topological polar surface area (TPSA) is 215 Å². The molecule has 10 heavy (non-hydrogen) atoms. The van der Waals surface area contributed by atoms with Gasteiger partial charge in [-0.15, -0.1) is 0 Å². The van der Waals surface area contributed by atoms with E-state index in [0.717, 1.165) is 0 Å². The summed E-state index contributed by atoms with van der Waals surface area (Å²) in [5, 5.41) is 0. The van der Waals surface area contributed by atoms with Gasteiger partial charge in [-0.05, 0) is 0 Å². The van der Waals surface area contributed by atoms with Crippen LogP contribution in [0.3, 0.4) is 0 Å². The molecule has 8 nitrogen and oxygen atoms in total. The largest absolute Gasteiger partial charge is 0.394 e. The molecule has 0 aliphatic heterocycles. The van der Waals surface area contributed by atoms with Crippen molar-refractivity contribution >= 4 is 10.4 Å². The van der Waals surface area contributed by atoms with Crippen molar-refractivity contribution in [2.75, 3.05) is 0 Å². The molecular weight excluding hydrogens is 259 g/mol. The molecular formula is H14N4O4PdS. The van der Waals surface area contributed by atoms with Gasteiger partial charge in [-0.25, -0.2) is 0 Å².